The highest BCUT2D eigenvalue weighted by atomic mass is 79.9. The molecule has 0 spiro atoms. The molecule has 0 saturated heterocycles. The van der Waals surface area contributed by atoms with Crippen molar-refractivity contribution in [3.8, 4) is 11.1 Å². The number of hydrogen-bond donors (Lipinski definition) is 0. The van der Waals surface area contributed by atoms with Crippen LogP contribution in [0.15, 0.2) is 40.9 Å². The molecule has 0 fully saturated rings. The molecule has 16 heavy (non-hydrogen) atoms. The largest absolute Gasteiger partial charge is 0.204 e. The van der Waals surface area contributed by atoms with Crippen LogP contribution >= 0.6 is 27.5 Å². The predicted molar refractivity (Wildman–Crippen MR) is 64.5 cm³/mol. The van der Waals surface area contributed by atoms with E-state index in [9.17, 15) is 8.78 Å². The maximum atomic E-state index is 13.1. The molecule has 2 aromatic rings. The Bertz CT molecular complexity index is 523. The first-order valence-electron chi connectivity index (χ1n) is 4.48. The Morgan fingerprint density at radius 3 is 2.12 bits per heavy atom. The zero-order valence-electron chi connectivity index (χ0n) is 7.98. The minimum atomic E-state index is -0.871. The van der Waals surface area contributed by atoms with Crippen LogP contribution in [-0.2, 0) is 0 Å². The number of benzene rings is 2. The lowest BCUT2D eigenvalue weighted by atomic mass is 10.1. The van der Waals surface area contributed by atoms with Crippen LogP contribution in [-0.4, -0.2) is 0 Å². The molecular formula is C12H6BrClF2. The van der Waals surface area contributed by atoms with Crippen molar-refractivity contribution >= 4 is 27.5 Å². The first-order chi connectivity index (χ1) is 7.58. The third-order valence-electron chi connectivity index (χ3n) is 2.17. The summed E-state index contributed by atoms with van der Waals surface area (Å²) in [7, 11) is 0. The summed E-state index contributed by atoms with van der Waals surface area (Å²) in [6.07, 6.45) is 0. The van der Waals surface area contributed by atoms with E-state index in [4.69, 9.17) is 11.6 Å². The fourth-order valence-corrected chi connectivity index (χ4v) is 2.04. The van der Waals surface area contributed by atoms with Gasteiger partial charge in [0.15, 0.2) is 11.6 Å². The molecule has 0 amide bonds. The molecule has 0 nitrogen and oxygen atoms in total. The molecule has 4 heteroatoms. The van der Waals surface area contributed by atoms with Gasteiger partial charge in [-0.3, -0.25) is 0 Å². The third-order valence-corrected chi connectivity index (χ3v) is 3.07. The highest BCUT2D eigenvalue weighted by Gasteiger charge is 2.09. The van der Waals surface area contributed by atoms with Crippen molar-refractivity contribution in [1.29, 1.82) is 0 Å². The molecule has 2 rings (SSSR count). The standard InChI is InChI=1S/C12H6BrClF2/c13-10-6-12(16)11(15)5-9(10)7-1-3-8(14)4-2-7/h1-6H. The van der Waals surface area contributed by atoms with Gasteiger partial charge in [0, 0.05) is 9.50 Å². The Labute approximate surface area is 105 Å². The smallest absolute Gasteiger partial charge is 0.159 e. The van der Waals surface area contributed by atoms with Gasteiger partial charge in [-0.1, -0.05) is 39.7 Å². The van der Waals surface area contributed by atoms with Crippen LogP contribution in [0.25, 0.3) is 11.1 Å². The van der Waals surface area contributed by atoms with Crippen molar-refractivity contribution in [2.75, 3.05) is 0 Å². The van der Waals surface area contributed by atoms with Gasteiger partial charge < -0.3 is 0 Å². The lowest BCUT2D eigenvalue weighted by Gasteiger charge is -2.05. The summed E-state index contributed by atoms with van der Waals surface area (Å²) in [4.78, 5) is 0. The van der Waals surface area contributed by atoms with Crippen LogP contribution in [0.5, 0.6) is 0 Å². The molecular weight excluding hydrogens is 297 g/mol. The highest BCUT2D eigenvalue weighted by Crippen LogP contribution is 2.30. The van der Waals surface area contributed by atoms with Crippen molar-refractivity contribution in [1.82, 2.24) is 0 Å². The minimum Gasteiger partial charge on any atom is -0.204 e. The molecule has 0 aliphatic carbocycles. The van der Waals surface area contributed by atoms with E-state index >= 15 is 0 Å². The van der Waals surface area contributed by atoms with Gasteiger partial charge in [0.05, 0.1) is 0 Å². The summed E-state index contributed by atoms with van der Waals surface area (Å²) in [5, 5.41) is 0.599. The fourth-order valence-electron chi connectivity index (χ4n) is 1.37. The van der Waals surface area contributed by atoms with Crippen molar-refractivity contribution in [3.63, 3.8) is 0 Å². The van der Waals surface area contributed by atoms with E-state index in [1.165, 1.54) is 0 Å². The second-order valence-corrected chi connectivity index (χ2v) is 4.54. The van der Waals surface area contributed by atoms with Crippen LogP contribution in [0.2, 0.25) is 5.02 Å². The first kappa shape index (κ1) is 11.6. The van der Waals surface area contributed by atoms with Gasteiger partial charge in [-0.25, -0.2) is 8.78 Å². The van der Waals surface area contributed by atoms with Gasteiger partial charge in [-0.15, -0.1) is 0 Å². The zero-order chi connectivity index (χ0) is 11.7. The molecule has 0 aromatic heterocycles. The summed E-state index contributed by atoms with van der Waals surface area (Å²) in [6, 6.07) is 9.16. The monoisotopic (exact) mass is 302 g/mol. The van der Waals surface area contributed by atoms with Crippen LogP contribution in [0.4, 0.5) is 8.78 Å². The van der Waals surface area contributed by atoms with Gasteiger partial charge in [-0.2, -0.15) is 0 Å². The summed E-state index contributed by atoms with van der Waals surface area (Å²) in [5.74, 6) is -1.74. The maximum Gasteiger partial charge on any atom is 0.159 e. The van der Waals surface area contributed by atoms with E-state index in [0.29, 0.717) is 15.1 Å². The SMILES string of the molecule is Fc1cc(Br)c(-c2ccc(Cl)cc2)cc1F. The normalized spacial score (nSPS) is 10.5. The van der Waals surface area contributed by atoms with E-state index in [1.807, 2.05) is 0 Å². The summed E-state index contributed by atoms with van der Waals surface area (Å²) in [6.45, 7) is 0. The summed E-state index contributed by atoms with van der Waals surface area (Å²) >= 11 is 8.95. The van der Waals surface area contributed by atoms with Gasteiger partial charge in [0.2, 0.25) is 0 Å². The van der Waals surface area contributed by atoms with E-state index in [2.05, 4.69) is 15.9 Å². The van der Waals surface area contributed by atoms with Gasteiger partial charge in [0.25, 0.3) is 0 Å². The first-order valence-corrected chi connectivity index (χ1v) is 5.65. The van der Waals surface area contributed by atoms with E-state index in [0.717, 1.165) is 17.7 Å². The molecule has 0 bridgehead atoms. The van der Waals surface area contributed by atoms with Crippen molar-refractivity contribution < 1.29 is 8.78 Å². The van der Waals surface area contributed by atoms with Gasteiger partial charge in [0.1, 0.15) is 0 Å². The molecule has 0 atom stereocenters. The molecule has 0 heterocycles. The molecule has 0 unspecified atom stereocenters. The topological polar surface area (TPSA) is 0 Å². The summed E-state index contributed by atoms with van der Waals surface area (Å²) < 4.78 is 26.5. The van der Waals surface area contributed by atoms with Crippen molar-refractivity contribution in [2.45, 2.75) is 0 Å². The Hall–Kier alpha value is -0.930. The second kappa shape index (κ2) is 4.52. The van der Waals surface area contributed by atoms with E-state index in [1.54, 1.807) is 24.3 Å². The Kier molecular flexibility index (Phi) is 3.26. The number of halogens is 4. The molecule has 0 aliphatic rings. The van der Waals surface area contributed by atoms with E-state index in [-0.39, 0.29) is 0 Å². The van der Waals surface area contributed by atoms with E-state index < -0.39 is 11.6 Å². The quantitative estimate of drug-likeness (QED) is 0.647. The Balaban J connectivity index is 2.56. The number of rotatable bonds is 1. The summed E-state index contributed by atoms with van der Waals surface area (Å²) in [5.41, 5.74) is 1.37. The van der Waals surface area contributed by atoms with Crippen LogP contribution in [0, 0.1) is 11.6 Å². The van der Waals surface area contributed by atoms with Crippen molar-refractivity contribution in [3.05, 3.63) is 57.5 Å². The minimum absolute atomic E-state index is 0.508. The average molecular weight is 304 g/mol. The zero-order valence-corrected chi connectivity index (χ0v) is 10.3. The van der Waals surface area contributed by atoms with Gasteiger partial charge >= 0.3 is 0 Å². The van der Waals surface area contributed by atoms with Gasteiger partial charge in [-0.05, 0) is 35.4 Å². The Morgan fingerprint density at radius 1 is 0.938 bits per heavy atom. The predicted octanol–water partition coefficient (Wildman–Crippen LogP) is 5.05. The van der Waals surface area contributed by atoms with Crippen LogP contribution in [0.1, 0.15) is 0 Å². The molecule has 0 radical (unpaired) electrons. The average Bonchev–Trinajstić information content (AvgIpc) is 2.25. The molecule has 82 valence electrons. The van der Waals surface area contributed by atoms with Crippen LogP contribution in [0.3, 0.4) is 0 Å². The van der Waals surface area contributed by atoms with Crippen molar-refractivity contribution in [2.24, 2.45) is 0 Å². The molecule has 0 aliphatic heterocycles. The number of hydrogen-bond acceptors (Lipinski definition) is 0. The molecule has 0 saturated carbocycles. The highest BCUT2D eigenvalue weighted by molar-refractivity contribution is 9.10. The second-order valence-electron chi connectivity index (χ2n) is 3.25. The lowest BCUT2D eigenvalue weighted by molar-refractivity contribution is 0.508. The van der Waals surface area contributed by atoms with Crippen LogP contribution < -0.4 is 0 Å². The Morgan fingerprint density at radius 2 is 1.50 bits per heavy atom. The molecule has 2 aromatic carbocycles. The molecule has 0 N–H and O–H groups in total. The fraction of sp³-hybridized carbons (Fsp3) is 0. The third kappa shape index (κ3) is 2.25. The lowest BCUT2D eigenvalue weighted by Crippen LogP contribution is -1.87. The maximum absolute atomic E-state index is 13.1.